The molecule has 1 unspecified atom stereocenters. The molecule has 1 N–H and O–H groups in total. The quantitative estimate of drug-likeness (QED) is 0.403. The first-order valence-electron chi connectivity index (χ1n) is 12.3. The van der Waals surface area contributed by atoms with Crippen molar-refractivity contribution in [3.05, 3.63) is 64.1 Å². The number of hydrogen-bond acceptors (Lipinski definition) is 8. The van der Waals surface area contributed by atoms with Gasteiger partial charge in [-0.3, -0.25) is 19.8 Å². The second-order valence-corrected chi connectivity index (χ2v) is 9.30. The molecule has 1 saturated heterocycles. The van der Waals surface area contributed by atoms with E-state index in [-0.39, 0.29) is 30.2 Å². The van der Waals surface area contributed by atoms with Crippen LogP contribution in [0.15, 0.2) is 52.2 Å². The first-order chi connectivity index (χ1) is 17.8. The molecule has 12 heteroatoms. The van der Waals surface area contributed by atoms with Crippen molar-refractivity contribution in [1.29, 1.82) is 0 Å². The number of furan rings is 1. The minimum absolute atomic E-state index is 0.0232. The largest absolute Gasteiger partial charge is 0.467 e. The van der Waals surface area contributed by atoms with Crippen LogP contribution >= 0.6 is 0 Å². The van der Waals surface area contributed by atoms with Gasteiger partial charge in [-0.05, 0) is 43.7 Å². The molecule has 12 nitrogen and oxygen atoms in total. The molecule has 2 aliphatic rings. The molecule has 1 aromatic carbocycles. The summed E-state index contributed by atoms with van der Waals surface area (Å²) in [5.41, 5.74) is 1.26. The van der Waals surface area contributed by atoms with Crippen molar-refractivity contribution in [2.24, 2.45) is 5.10 Å². The molecule has 1 fully saturated rings. The highest BCUT2D eigenvalue weighted by atomic mass is 16.6. The topological polar surface area (TPSA) is 134 Å². The van der Waals surface area contributed by atoms with Crippen LogP contribution in [-0.2, 0) is 9.53 Å². The van der Waals surface area contributed by atoms with Gasteiger partial charge in [0.1, 0.15) is 18.3 Å². The lowest BCUT2D eigenvalue weighted by molar-refractivity contribution is -0.384. The van der Waals surface area contributed by atoms with Crippen molar-refractivity contribution < 1.29 is 23.7 Å². The number of urea groups is 1. The molecule has 3 amide bonds. The van der Waals surface area contributed by atoms with Crippen molar-refractivity contribution in [2.45, 2.75) is 32.4 Å². The van der Waals surface area contributed by atoms with Gasteiger partial charge in [0.15, 0.2) is 0 Å². The molecule has 0 saturated carbocycles. The Balaban J connectivity index is 1.53. The van der Waals surface area contributed by atoms with Gasteiger partial charge in [0.2, 0.25) is 0 Å². The van der Waals surface area contributed by atoms with Gasteiger partial charge in [-0.25, -0.2) is 9.80 Å². The summed E-state index contributed by atoms with van der Waals surface area (Å²) in [5, 5.41) is 19.8. The Morgan fingerprint density at radius 1 is 1.22 bits per heavy atom. The second-order valence-electron chi connectivity index (χ2n) is 9.30. The Kier molecular flexibility index (Phi) is 8.51. The van der Waals surface area contributed by atoms with E-state index in [0.717, 1.165) is 13.1 Å². The maximum Gasteiger partial charge on any atom is 0.318 e. The SMILES string of the molecule is CC(C)NC(=O)N(CCN1CCOCC1)CC(=O)N1N=C(c2ccc([N+](=O)[O-])cc2)CC1c1ccco1. The molecule has 37 heavy (non-hydrogen) atoms. The molecule has 3 heterocycles. The molecule has 1 atom stereocenters. The first kappa shape index (κ1) is 26.3. The number of ether oxygens (including phenoxy) is 1. The van der Waals surface area contributed by atoms with E-state index in [0.29, 0.717) is 49.8 Å². The Morgan fingerprint density at radius 2 is 1.95 bits per heavy atom. The van der Waals surface area contributed by atoms with Crippen LogP contribution in [0.3, 0.4) is 0 Å². The van der Waals surface area contributed by atoms with E-state index in [1.165, 1.54) is 28.3 Å². The number of carbonyl (C=O) groups excluding carboxylic acids is 2. The lowest BCUT2D eigenvalue weighted by atomic mass is 10.0. The van der Waals surface area contributed by atoms with Gasteiger partial charge >= 0.3 is 6.03 Å². The van der Waals surface area contributed by atoms with Gasteiger partial charge in [-0.15, -0.1) is 0 Å². The fourth-order valence-electron chi connectivity index (χ4n) is 4.31. The van der Waals surface area contributed by atoms with Crippen LogP contribution in [0.1, 0.15) is 37.6 Å². The minimum atomic E-state index is -0.484. The Labute approximate surface area is 215 Å². The van der Waals surface area contributed by atoms with Gasteiger partial charge in [0.05, 0.1) is 30.1 Å². The average molecular weight is 513 g/mol. The molecular weight excluding hydrogens is 480 g/mol. The third kappa shape index (κ3) is 6.71. The summed E-state index contributed by atoms with van der Waals surface area (Å²) in [5.74, 6) is 0.222. The van der Waals surface area contributed by atoms with Crippen LogP contribution in [0.5, 0.6) is 0 Å². The van der Waals surface area contributed by atoms with Gasteiger partial charge in [0, 0.05) is 50.8 Å². The molecule has 0 spiro atoms. The third-order valence-corrected chi connectivity index (χ3v) is 6.26. The summed E-state index contributed by atoms with van der Waals surface area (Å²) in [6.45, 7) is 7.45. The number of nitro benzene ring substituents is 1. The molecule has 1 aromatic heterocycles. The number of nitrogens with zero attached hydrogens (tertiary/aromatic N) is 5. The summed E-state index contributed by atoms with van der Waals surface area (Å²) in [4.78, 5) is 40.8. The van der Waals surface area contributed by atoms with Gasteiger partial charge in [-0.1, -0.05) is 0 Å². The molecule has 2 aromatic rings. The Hall–Kier alpha value is -3.77. The number of non-ortho nitro benzene ring substituents is 1. The number of carbonyl (C=O) groups is 2. The number of hydrogen-bond donors (Lipinski definition) is 1. The number of nitrogens with one attached hydrogen (secondary N) is 1. The average Bonchev–Trinajstić information content (AvgIpc) is 3.57. The molecule has 2 aliphatic heterocycles. The fraction of sp³-hybridized carbons (Fsp3) is 0.480. The fourth-order valence-corrected chi connectivity index (χ4v) is 4.31. The summed E-state index contributed by atoms with van der Waals surface area (Å²) in [7, 11) is 0. The van der Waals surface area contributed by atoms with Crippen LogP contribution in [0, 0.1) is 10.1 Å². The van der Waals surface area contributed by atoms with Crippen LogP contribution in [-0.4, -0.2) is 89.4 Å². The Morgan fingerprint density at radius 3 is 2.57 bits per heavy atom. The smallest absolute Gasteiger partial charge is 0.318 e. The van der Waals surface area contributed by atoms with Crippen molar-refractivity contribution in [1.82, 2.24) is 20.1 Å². The predicted octanol–water partition coefficient (Wildman–Crippen LogP) is 2.62. The summed E-state index contributed by atoms with van der Waals surface area (Å²) in [6, 6.07) is 8.70. The van der Waals surface area contributed by atoms with Crippen LogP contribution in [0.2, 0.25) is 0 Å². The van der Waals surface area contributed by atoms with Gasteiger partial charge < -0.3 is 19.4 Å². The van der Waals surface area contributed by atoms with Crippen molar-refractivity contribution in [3.8, 4) is 0 Å². The highest BCUT2D eigenvalue weighted by Gasteiger charge is 2.36. The zero-order valence-corrected chi connectivity index (χ0v) is 21.0. The maximum absolute atomic E-state index is 13.6. The number of rotatable bonds is 9. The van der Waals surface area contributed by atoms with E-state index in [9.17, 15) is 19.7 Å². The molecule has 0 radical (unpaired) electrons. The summed E-state index contributed by atoms with van der Waals surface area (Å²) in [6.07, 6.45) is 1.91. The van der Waals surface area contributed by atoms with Crippen molar-refractivity contribution >= 4 is 23.3 Å². The molecule has 0 aliphatic carbocycles. The van der Waals surface area contributed by atoms with E-state index in [4.69, 9.17) is 9.15 Å². The van der Waals surface area contributed by atoms with Gasteiger partial charge in [0.25, 0.3) is 11.6 Å². The van der Waals surface area contributed by atoms with Gasteiger partial charge in [-0.2, -0.15) is 5.10 Å². The standard InChI is InChI=1S/C25H32N6O6/c1-18(2)26-25(33)29(10-9-28-11-14-36-15-12-28)17-24(32)30-22(23-4-3-13-37-23)16-21(27-30)19-5-7-20(8-6-19)31(34)35/h3-8,13,18,22H,9-12,14-17H2,1-2H3,(H,26,33). The lowest BCUT2D eigenvalue weighted by Crippen LogP contribution is -2.50. The highest BCUT2D eigenvalue weighted by Crippen LogP contribution is 2.33. The van der Waals surface area contributed by atoms with Crippen molar-refractivity contribution in [2.75, 3.05) is 45.9 Å². The van der Waals surface area contributed by atoms with E-state index >= 15 is 0 Å². The first-order valence-corrected chi connectivity index (χ1v) is 12.3. The molecular formula is C25H32N6O6. The van der Waals surface area contributed by atoms with Crippen LogP contribution < -0.4 is 5.32 Å². The maximum atomic E-state index is 13.6. The normalized spacial score (nSPS) is 18.1. The van der Waals surface area contributed by atoms with E-state index in [1.807, 2.05) is 13.8 Å². The molecule has 0 bridgehead atoms. The lowest BCUT2D eigenvalue weighted by Gasteiger charge is -2.31. The summed E-state index contributed by atoms with van der Waals surface area (Å²) >= 11 is 0. The number of benzene rings is 1. The van der Waals surface area contributed by atoms with Crippen LogP contribution in [0.25, 0.3) is 0 Å². The van der Waals surface area contributed by atoms with E-state index in [1.54, 1.807) is 24.3 Å². The number of nitro groups is 1. The molecule has 4 rings (SSSR count). The monoisotopic (exact) mass is 512 g/mol. The summed E-state index contributed by atoms with van der Waals surface area (Å²) < 4.78 is 11.0. The highest BCUT2D eigenvalue weighted by molar-refractivity contribution is 6.03. The number of amides is 3. The Bertz CT molecular complexity index is 1110. The third-order valence-electron chi connectivity index (χ3n) is 6.26. The van der Waals surface area contributed by atoms with Crippen LogP contribution in [0.4, 0.5) is 10.5 Å². The van der Waals surface area contributed by atoms with E-state index in [2.05, 4.69) is 15.3 Å². The minimum Gasteiger partial charge on any atom is -0.467 e. The predicted molar refractivity (Wildman–Crippen MR) is 135 cm³/mol. The second kappa shape index (κ2) is 12.0. The van der Waals surface area contributed by atoms with E-state index < -0.39 is 11.0 Å². The van der Waals surface area contributed by atoms with Crippen molar-refractivity contribution in [3.63, 3.8) is 0 Å². The zero-order valence-electron chi connectivity index (χ0n) is 21.0. The molecule has 198 valence electrons. The number of hydrazone groups is 1. The zero-order chi connectivity index (χ0) is 26.4. The number of morpholine rings is 1.